The molecule has 0 atom stereocenters. The van der Waals surface area contributed by atoms with E-state index in [0.29, 0.717) is 23.0 Å². The summed E-state index contributed by atoms with van der Waals surface area (Å²) in [4.78, 5) is 25.8. The summed E-state index contributed by atoms with van der Waals surface area (Å²) < 4.78 is 31.8. The second kappa shape index (κ2) is 9.87. The van der Waals surface area contributed by atoms with Gasteiger partial charge in [0.15, 0.2) is 0 Å². The van der Waals surface area contributed by atoms with Gasteiger partial charge in [-0.15, -0.1) is 0 Å². The van der Waals surface area contributed by atoms with Crippen molar-refractivity contribution in [1.82, 2.24) is 9.36 Å². The van der Waals surface area contributed by atoms with Crippen LogP contribution in [0.25, 0.3) is 5.69 Å². The lowest BCUT2D eigenvalue weighted by atomic mass is 10.0. The summed E-state index contributed by atoms with van der Waals surface area (Å²) in [6.07, 6.45) is 0. The van der Waals surface area contributed by atoms with Crippen LogP contribution in [0.5, 0.6) is 0 Å². The van der Waals surface area contributed by atoms with Crippen LogP contribution in [0.15, 0.2) is 88.6 Å². The summed E-state index contributed by atoms with van der Waals surface area (Å²) in [5.74, 6) is -0.0686. The number of amides is 1. The summed E-state index contributed by atoms with van der Waals surface area (Å²) >= 11 is 0. The van der Waals surface area contributed by atoms with Gasteiger partial charge in [-0.1, -0.05) is 50.2 Å². The molecule has 1 aromatic heterocycles. The number of nitrogens with one attached hydrogen (secondary N) is 2. The van der Waals surface area contributed by atoms with Gasteiger partial charge >= 0.3 is 0 Å². The third-order valence-electron chi connectivity index (χ3n) is 6.03. The normalized spacial score (nSPS) is 11.5. The highest BCUT2D eigenvalue weighted by Gasteiger charge is 2.23. The molecule has 0 radical (unpaired) electrons. The number of carbonyl (C=O) groups excluding carboxylic acids is 1. The molecule has 4 rings (SSSR count). The van der Waals surface area contributed by atoms with Crippen molar-refractivity contribution in [3.05, 3.63) is 106 Å². The molecule has 9 heteroatoms. The maximum absolute atomic E-state index is 13.2. The number of nitrogens with zero attached hydrogens (tertiary/aromatic N) is 2. The van der Waals surface area contributed by atoms with E-state index in [0.717, 1.165) is 5.56 Å². The standard InChI is InChI=1S/C27H28N4O4S/c1-18(2)20-13-15-22(16-14-20)28-26(32)21-9-8-12-24(17-21)36(34,35)29-25-19(3)30(4)31(27(25)33)23-10-6-5-7-11-23/h5-18,29H,1-4H3,(H,28,32). The van der Waals surface area contributed by atoms with Crippen molar-refractivity contribution in [2.75, 3.05) is 10.0 Å². The molecule has 3 aromatic carbocycles. The number of sulfonamides is 1. The molecule has 0 spiro atoms. The lowest BCUT2D eigenvalue weighted by Gasteiger charge is -2.10. The van der Waals surface area contributed by atoms with Gasteiger partial charge in [0.25, 0.3) is 21.5 Å². The summed E-state index contributed by atoms with van der Waals surface area (Å²) in [6.45, 7) is 5.83. The van der Waals surface area contributed by atoms with Crippen molar-refractivity contribution in [2.24, 2.45) is 7.05 Å². The van der Waals surface area contributed by atoms with Crippen molar-refractivity contribution >= 4 is 27.3 Å². The molecule has 0 unspecified atom stereocenters. The lowest BCUT2D eigenvalue weighted by Crippen LogP contribution is -2.23. The van der Waals surface area contributed by atoms with E-state index in [1.165, 1.54) is 28.9 Å². The highest BCUT2D eigenvalue weighted by molar-refractivity contribution is 7.92. The predicted octanol–water partition coefficient (Wildman–Crippen LogP) is 4.66. The van der Waals surface area contributed by atoms with Crippen LogP contribution in [-0.4, -0.2) is 23.7 Å². The molecule has 2 N–H and O–H groups in total. The zero-order valence-corrected chi connectivity index (χ0v) is 21.3. The predicted molar refractivity (Wildman–Crippen MR) is 141 cm³/mol. The molecule has 36 heavy (non-hydrogen) atoms. The van der Waals surface area contributed by atoms with Gasteiger partial charge in [0.1, 0.15) is 5.69 Å². The molecule has 0 aliphatic heterocycles. The first-order chi connectivity index (χ1) is 17.1. The summed E-state index contributed by atoms with van der Waals surface area (Å²) in [6, 6.07) is 22.1. The first-order valence-corrected chi connectivity index (χ1v) is 12.9. The quantitative estimate of drug-likeness (QED) is 0.382. The summed E-state index contributed by atoms with van der Waals surface area (Å²) in [5.41, 5.74) is 2.44. The molecule has 186 valence electrons. The molecule has 0 aliphatic rings. The van der Waals surface area contributed by atoms with Gasteiger partial charge in [-0.2, -0.15) is 0 Å². The smallest absolute Gasteiger partial charge is 0.296 e. The van der Waals surface area contributed by atoms with E-state index < -0.39 is 21.5 Å². The Kier molecular flexibility index (Phi) is 6.85. The number of rotatable bonds is 7. The number of anilines is 2. The Labute approximate surface area is 210 Å². The number of hydrogen-bond donors (Lipinski definition) is 2. The minimum absolute atomic E-state index is 0.0542. The van der Waals surface area contributed by atoms with Gasteiger partial charge in [0, 0.05) is 18.3 Å². The number of hydrogen-bond acceptors (Lipinski definition) is 4. The Bertz CT molecular complexity index is 1570. The van der Waals surface area contributed by atoms with Crippen LogP contribution in [0.3, 0.4) is 0 Å². The molecule has 0 aliphatic carbocycles. The molecule has 0 fully saturated rings. The van der Waals surface area contributed by atoms with E-state index in [1.54, 1.807) is 42.9 Å². The van der Waals surface area contributed by atoms with Crippen molar-refractivity contribution in [2.45, 2.75) is 31.6 Å². The number of carbonyl (C=O) groups is 1. The molecule has 8 nitrogen and oxygen atoms in total. The van der Waals surface area contributed by atoms with Gasteiger partial charge in [0.2, 0.25) is 0 Å². The largest absolute Gasteiger partial charge is 0.322 e. The first-order valence-electron chi connectivity index (χ1n) is 11.5. The molecule has 0 saturated heterocycles. The molecular weight excluding hydrogens is 476 g/mol. The number of aromatic nitrogens is 2. The SMILES string of the molecule is Cc1c(NS(=O)(=O)c2cccc(C(=O)Nc3ccc(C(C)C)cc3)c2)c(=O)n(-c2ccccc2)n1C. The number of benzene rings is 3. The molecule has 0 bridgehead atoms. The average Bonchev–Trinajstić information content (AvgIpc) is 3.07. The fourth-order valence-corrected chi connectivity index (χ4v) is 5.00. The third kappa shape index (κ3) is 4.96. The summed E-state index contributed by atoms with van der Waals surface area (Å²) in [5, 5.41) is 2.79. The lowest BCUT2D eigenvalue weighted by molar-refractivity contribution is 0.102. The van der Waals surface area contributed by atoms with E-state index >= 15 is 0 Å². The second-order valence-corrected chi connectivity index (χ2v) is 10.5. The summed E-state index contributed by atoms with van der Waals surface area (Å²) in [7, 11) is -2.46. The van der Waals surface area contributed by atoms with E-state index in [4.69, 9.17) is 0 Å². The Morgan fingerprint density at radius 3 is 2.22 bits per heavy atom. The third-order valence-corrected chi connectivity index (χ3v) is 7.38. The minimum atomic E-state index is -4.14. The van der Waals surface area contributed by atoms with Gasteiger partial charge in [-0.3, -0.25) is 19.0 Å². The fourth-order valence-electron chi connectivity index (χ4n) is 3.84. The molecular formula is C27H28N4O4S. The van der Waals surface area contributed by atoms with Gasteiger partial charge in [-0.05, 0) is 60.9 Å². The van der Waals surface area contributed by atoms with Crippen LogP contribution in [0.4, 0.5) is 11.4 Å². The zero-order chi connectivity index (χ0) is 26.0. The van der Waals surface area contributed by atoms with Crippen LogP contribution in [-0.2, 0) is 17.1 Å². The van der Waals surface area contributed by atoms with Crippen molar-refractivity contribution in [1.29, 1.82) is 0 Å². The van der Waals surface area contributed by atoms with Crippen LogP contribution in [0.1, 0.15) is 41.4 Å². The fraction of sp³-hybridized carbons (Fsp3) is 0.185. The van der Waals surface area contributed by atoms with Crippen LogP contribution < -0.4 is 15.6 Å². The second-order valence-electron chi connectivity index (χ2n) is 8.80. The van der Waals surface area contributed by atoms with E-state index in [-0.39, 0.29) is 16.1 Å². The average molecular weight is 505 g/mol. The highest BCUT2D eigenvalue weighted by atomic mass is 32.2. The molecule has 1 amide bonds. The van der Waals surface area contributed by atoms with Gasteiger partial charge in [0.05, 0.1) is 16.3 Å². The molecule has 4 aromatic rings. The maximum Gasteiger partial charge on any atom is 0.296 e. The van der Waals surface area contributed by atoms with Crippen molar-refractivity contribution in [3.63, 3.8) is 0 Å². The van der Waals surface area contributed by atoms with E-state index in [1.807, 2.05) is 30.3 Å². The van der Waals surface area contributed by atoms with Crippen LogP contribution in [0, 0.1) is 6.92 Å². The molecule has 0 saturated carbocycles. The Morgan fingerprint density at radius 2 is 1.58 bits per heavy atom. The van der Waals surface area contributed by atoms with Crippen molar-refractivity contribution in [3.8, 4) is 5.69 Å². The topological polar surface area (TPSA) is 102 Å². The van der Waals surface area contributed by atoms with Gasteiger partial charge < -0.3 is 5.32 Å². The van der Waals surface area contributed by atoms with Crippen LogP contribution in [0.2, 0.25) is 0 Å². The minimum Gasteiger partial charge on any atom is -0.322 e. The Morgan fingerprint density at radius 1 is 0.917 bits per heavy atom. The van der Waals surface area contributed by atoms with Crippen LogP contribution >= 0.6 is 0 Å². The Hall–Kier alpha value is -4.11. The van der Waals surface area contributed by atoms with Crippen molar-refractivity contribution < 1.29 is 13.2 Å². The maximum atomic E-state index is 13.2. The van der Waals surface area contributed by atoms with E-state index in [2.05, 4.69) is 23.9 Å². The number of para-hydroxylation sites is 1. The molecule has 1 heterocycles. The first kappa shape index (κ1) is 25.0. The van der Waals surface area contributed by atoms with Gasteiger partial charge in [-0.25, -0.2) is 13.1 Å². The zero-order valence-electron chi connectivity index (χ0n) is 20.5. The highest BCUT2D eigenvalue weighted by Crippen LogP contribution is 2.21. The Balaban J connectivity index is 1.60. The monoisotopic (exact) mass is 504 g/mol. The van der Waals surface area contributed by atoms with E-state index in [9.17, 15) is 18.0 Å².